The third-order valence-corrected chi connectivity index (χ3v) is 6.82. The van der Waals surface area contributed by atoms with Gasteiger partial charge in [-0.1, -0.05) is 24.3 Å². The molecule has 0 unspecified atom stereocenters. The maximum Gasteiger partial charge on any atom is 0.317 e. The molecule has 0 spiro atoms. The van der Waals surface area contributed by atoms with Gasteiger partial charge in [0.15, 0.2) is 9.84 Å². The zero-order valence-corrected chi connectivity index (χ0v) is 14.3. The number of hydrogen-bond acceptors (Lipinski definition) is 3. The molecule has 1 aliphatic carbocycles. The SMILES string of the molecule is CN(C(=O)NC[C@@H]1CCCc2ccccc21)[C@@H]1CCS(=O)(=O)C1. The summed E-state index contributed by atoms with van der Waals surface area (Å²) in [7, 11) is -1.28. The fourth-order valence-corrected chi connectivity index (χ4v) is 5.42. The monoisotopic (exact) mass is 336 g/mol. The molecule has 126 valence electrons. The van der Waals surface area contributed by atoms with Gasteiger partial charge in [-0.2, -0.15) is 0 Å². The van der Waals surface area contributed by atoms with Crippen LogP contribution in [0.2, 0.25) is 0 Å². The van der Waals surface area contributed by atoms with Crippen molar-refractivity contribution in [3.8, 4) is 0 Å². The molecule has 5 nitrogen and oxygen atoms in total. The Morgan fingerprint density at radius 2 is 2.09 bits per heavy atom. The Balaban J connectivity index is 1.58. The lowest BCUT2D eigenvalue weighted by Crippen LogP contribution is -2.45. The number of carbonyl (C=O) groups excluding carboxylic acids is 1. The maximum absolute atomic E-state index is 12.3. The van der Waals surface area contributed by atoms with E-state index < -0.39 is 9.84 Å². The fourth-order valence-electron chi connectivity index (χ4n) is 3.65. The maximum atomic E-state index is 12.3. The second-order valence-corrected chi connectivity index (χ2v) is 8.87. The molecule has 0 saturated carbocycles. The summed E-state index contributed by atoms with van der Waals surface area (Å²) in [5.74, 6) is 0.624. The summed E-state index contributed by atoms with van der Waals surface area (Å²) in [6.45, 7) is 0.611. The van der Waals surface area contributed by atoms with Crippen LogP contribution in [0, 0.1) is 0 Å². The molecule has 2 aliphatic rings. The summed E-state index contributed by atoms with van der Waals surface area (Å²) in [6.07, 6.45) is 3.88. The largest absolute Gasteiger partial charge is 0.337 e. The molecule has 0 bridgehead atoms. The van der Waals surface area contributed by atoms with Crippen molar-refractivity contribution in [2.75, 3.05) is 25.1 Å². The number of hydrogen-bond donors (Lipinski definition) is 1. The Morgan fingerprint density at radius 1 is 1.30 bits per heavy atom. The lowest BCUT2D eigenvalue weighted by atomic mass is 9.83. The fraction of sp³-hybridized carbons (Fsp3) is 0.588. The third-order valence-electron chi connectivity index (χ3n) is 5.07. The van der Waals surface area contributed by atoms with Crippen molar-refractivity contribution in [3.05, 3.63) is 35.4 Å². The summed E-state index contributed by atoms with van der Waals surface area (Å²) in [6, 6.07) is 8.06. The average molecular weight is 336 g/mol. The number of benzene rings is 1. The molecule has 3 rings (SSSR count). The highest BCUT2D eigenvalue weighted by molar-refractivity contribution is 7.91. The van der Waals surface area contributed by atoms with Gasteiger partial charge in [0.1, 0.15) is 0 Å². The van der Waals surface area contributed by atoms with E-state index in [4.69, 9.17) is 0 Å². The topological polar surface area (TPSA) is 66.5 Å². The van der Waals surface area contributed by atoms with Gasteiger partial charge in [-0.05, 0) is 36.8 Å². The molecule has 2 atom stereocenters. The molecule has 0 aromatic heterocycles. The minimum atomic E-state index is -2.97. The zero-order chi connectivity index (χ0) is 16.4. The highest BCUT2D eigenvalue weighted by Crippen LogP contribution is 2.30. The standard InChI is InChI=1S/C17H24N2O3S/c1-19(15-9-10-23(21,22)12-15)17(20)18-11-14-7-4-6-13-5-2-3-8-16(13)14/h2-3,5,8,14-15H,4,6-7,9-12H2,1H3,(H,18,20)/t14-,15+/m0/s1. The Bertz CT molecular complexity index is 687. The summed E-state index contributed by atoms with van der Waals surface area (Å²) in [4.78, 5) is 13.9. The highest BCUT2D eigenvalue weighted by atomic mass is 32.2. The van der Waals surface area contributed by atoms with Crippen molar-refractivity contribution in [1.82, 2.24) is 10.2 Å². The number of rotatable bonds is 3. The van der Waals surface area contributed by atoms with Crippen LogP contribution in [0.3, 0.4) is 0 Å². The molecule has 1 aromatic carbocycles. The van der Waals surface area contributed by atoms with Crippen molar-refractivity contribution in [2.45, 2.75) is 37.6 Å². The number of nitrogens with zero attached hydrogens (tertiary/aromatic N) is 1. The molecule has 1 aliphatic heterocycles. The van der Waals surface area contributed by atoms with Gasteiger partial charge in [0.05, 0.1) is 11.5 Å². The first-order valence-electron chi connectivity index (χ1n) is 8.25. The minimum absolute atomic E-state index is 0.0865. The van der Waals surface area contributed by atoms with Gasteiger partial charge in [0.25, 0.3) is 0 Å². The van der Waals surface area contributed by atoms with Crippen molar-refractivity contribution in [2.24, 2.45) is 0 Å². The number of carbonyl (C=O) groups is 1. The van der Waals surface area contributed by atoms with E-state index in [1.807, 2.05) is 0 Å². The second-order valence-electron chi connectivity index (χ2n) is 6.64. The van der Waals surface area contributed by atoms with Crippen LogP contribution in [0.4, 0.5) is 4.79 Å². The first-order chi connectivity index (χ1) is 11.0. The van der Waals surface area contributed by atoms with Crippen LogP contribution in [0.5, 0.6) is 0 Å². The van der Waals surface area contributed by atoms with Crippen LogP contribution in [-0.2, 0) is 16.3 Å². The van der Waals surface area contributed by atoms with E-state index in [9.17, 15) is 13.2 Å². The predicted octanol–water partition coefficient (Wildman–Crippen LogP) is 1.94. The Hall–Kier alpha value is -1.56. The van der Waals surface area contributed by atoms with Gasteiger partial charge < -0.3 is 10.2 Å². The number of sulfone groups is 1. The zero-order valence-electron chi connectivity index (χ0n) is 13.5. The molecule has 1 heterocycles. The average Bonchev–Trinajstić information content (AvgIpc) is 2.91. The van der Waals surface area contributed by atoms with E-state index >= 15 is 0 Å². The van der Waals surface area contributed by atoms with Crippen molar-refractivity contribution in [3.63, 3.8) is 0 Å². The number of urea groups is 1. The summed E-state index contributed by atoms with van der Waals surface area (Å²) in [5, 5.41) is 2.99. The Kier molecular flexibility index (Phi) is 4.62. The van der Waals surface area contributed by atoms with Crippen molar-refractivity contribution >= 4 is 15.9 Å². The van der Waals surface area contributed by atoms with E-state index in [1.165, 1.54) is 11.1 Å². The van der Waals surface area contributed by atoms with Crippen molar-refractivity contribution in [1.29, 1.82) is 0 Å². The molecule has 2 amide bonds. The summed E-state index contributed by atoms with van der Waals surface area (Å²) >= 11 is 0. The molecule has 1 fully saturated rings. The van der Waals surface area contributed by atoms with Crippen LogP contribution < -0.4 is 5.32 Å². The first-order valence-corrected chi connectivity index (χ1v) is 10.1. The molecular weight excluding hydrogens is 312 g/mol. The van der Waals surface area contributed by atoms with Gasteiger partial charge in [-0.15, -0.1) is 0 Å². The Labute approximate surface area is 138 Å². The van der Waals surface area contributed by atoms with E-state index in [2.05, 4.69) is 29.6 Å². The summed E-state index contributed by atoms with van der Waals surface area (Å²) in [5.41, 5.74) is 2.72. The van der Waals surface area contributed by atoms with E-state index in [-0.39, 0.29) is 23.6 Å². The molecule has 0 radical (unpaired) electrons. The number of amides is 2. The molecule has 1 N–H and O–H groups in total. The minimum Gasteiger partial charge on any atom is -0.337 e. The molecule has 1 aromatic rings. The lowest BCUT2D eigenvalue weighted by molar-refractivity contribution is 0.194. The van der Waals surface area contributed by atoms with Crippen LogP contribution in [0.15, 0.2) is 24.3 Å². The number of fused-ring (bicyclic) bond motifs is 1. The smallest absolute Gasteiger partial charge is 0.317 e. The van der Waals surface area contributed by atoms with Crippen LogP contribution >= 0.6 is 0 Å². The highest BCUT2D eigenvalue weighted by Gasteiger charge is 2.33. The van der Waals surface area contributed by atoms with E-state index in [0.717, 1.165) is 19.3 Å². The third kappa shape index (κ3) is 3.68. The van der Waals surface area contributed by atoms with Crippen LogP contribution in [-0.4, -0.2) is 50.5 Å². The second kappa shape index (κ2) is 6.51. The van der Waals surface area contributed by atoms with Gasteiger partial charge in [-0.25, -0.2) is 13.2 Å². The molecule has 1 saturated heterocycles. The molecule has 6 heteroatoms. The predicted molar refractivity (Wildman–Crippen MR) is 90.3 cm³/mol. The van der Waals surface area contributed by atoms with E-state index in [0.29, 0.717) is 18.9 Å². The van der Waals surface area contributed by atoms with Crippen LogP contribution in [0.25, 0.3) is 0 Å². The van der Waals surface area contributed by atoms with Gasteiger partial charge >= 0.3 is 6.03 Å². The van der Waals surface area contributed by atoms with Crippen molar-refractivity contribution < 1.29 is 13.2 Å². The van der Waals surface area contributed by atoms with Gasteiger partial charge in [0.2, 0.25) is 0 Å². The summed E-state index contributed by atoms with van der Waals surface area (Å²) < 4.78 is 23.1. The van der Waals surface area contributed by atoms with Crippen LogP contribution in [0.1, 0.15) is 36.3 Å². The first kappa shape index (κ1) is 16.3. The molecular formula is C17H24N2O3S. The molecule has 23 heavy (non-hydrogen) atoms. The quantitative estimate of drug-likeness (QED) is 0.917. The number of nitrogens with one attached hydrogen (secondary N) is 1. The van der Waals surface area contributed by atoms with Gasteiger partial charge in [-0.3, -0.25) is 0 Å². The van der Waals surface area contributed by atoms with Gasteiger partial charge in [0, 0.05) is 25.6 Å². The normalized spacial score (nSPS) is 25.6. The van der Waals surface area contributed by atoms with E-state index in [1.54, 1.807) is 11.9 Å². The Morgan fingerprint density at radius 3 is 2.83 bits per heavy atom. The lowest BCUT2D eigenvalue weighted by Gasteiger charge is -2.28. The number of aryl methyl sites for hydroxylation is 1.